The summed E-state index contributed by atoms with van der Waals surface area (Å²) in [5, 5.41) is 9.18. The lowest BCUT2D eigenvalue weighted by Crippen LogP contribution is -2.27. The van der Waals surface area contributed by atoms with E-state index in [0.717, 1.165) is 24.1 Å². The molecule has 1 unspecified atom stereocenters. The minimum Gasteiger partial charge on any atom is -0.493 e. The van der Waals surface area contributed by atoms with Gasteiger partial charge in [-0.25, -0.2) is 4.79 Å². The van der Waals surface area contributed by atoms with Gasteiger partial charge in [-0.05, 0) is 42.1 Å². The van der Waals surface area contributed by atoms with E-state index in [1.54, 1.807) is 24.6 Å². The summed E-state index contributed by atoms with van der Waals surface area (Å²) in [7, 11) is 1.63. The molecule has 0 bridgehead atoms. The number of amides is 1. The summed E-state index contributed by atoms with van der Waals surface area (Å²) >= 11 is 1.68. The molecule has 3 aromatic rings. The van der Waals surface area contributed by atoms with E-state index in [1.807, 2.05) is 46.5 Å². The zero-order valence-electron chi connectivity index (χ0n) is 18.0. The highest BCUT2D eigenvalue weighted by atomic mass is 32.1. The lowest BCUT2D eigenvalue weighted by atomic mass is 10.1. The van der Waals surface area contributed by atoms with Crippen molar-refractivity contribution >= 4 is 17.4 Å². The number of hydrogen-bond acceptors (Lipinski definition) is 7. The van der Waals surface area contributed by atoms with Gasteiger partial charge in [0.05, 0.1) is 32.6 Å². The van der Waals surface area contributed by atoms with Crippen molar-refractivity contribution in [1.29, 1.82) is 0 Å². The minimum atomic E-state index is -0.422. The topological polar surface area (TPSA) is 83.8 Å². The first-order valence-electron chi connectivity index (χ1n) is 10.6. The number of aromatic nitrogens is 2. The van der Waals surface area contributed by atoms with Crippen LogP contribution in [0.25, 0.3) is 11.3 Å². The Morgan fingerprint density at radius 2 is 2.25 bits per heavy atom. The molecule has 1 saturated heterocycles. The molecule has 0 aliphatic carbocycles. The van der Waals surface area contributed by atoms with Crippen molar-refractivity contribution in [3.05, 3.63) is 52.9 Å². The standard InChI is InChI=1S/C23H27N3O5S/c1-28-21-5-4-17(15-22(21)31-18-8-12-29-16-18)20-7-10-25-26(20)11-13-30-23(27)24-9-6-19-3-2-14-32-19/h2-5,7,10,14-15,18H,6,8-9,11-13,16H2,1H3,(H,24,27). The van der Waals surface area contributed by atoms with Gasteiger partial charge in [-0.1, -0.05) is 6.07 Å². The Bertz CT molecular complexity index is 999. The number of carbonyl (C=O) groups excluding carboxylic acids is 1. The van der Waals surface area contributed by atoms with Crippen molar-refractivity contribution < 1.29 is 23.7 Å². The number of hydrogen-bond donors (Lipinski definition) is 1. The fourth-order valence-corrected chi connectivity index (χ4v) is 4.20. The Hall–Kier alpha value is -3.04. The number of nitrogens with zero attached hydrogens (tertiary/aromatic N) is 2. The summed E-state index contributed by atoms with van der Waals surface area (Å²) in [6.07, 6.45) is 2.99. The lowest BCUT2D eigenvalue weighted by Gasteiger charge is -2.16. The van der Waals surface area contributed by atoms with Gasteiger partial charge < -0.3 is 24.3 Å². The van der Waals surface area contributed by atoms with E-state index < -0.39 is 6.09 Å². The molecule has 3 heterocycles. The SMILES string of the molecule is COc1ccc(-c2ccnn2CCOC(=O)NCCc2cccs2)cc1OC1CCOC1. The molecule has 1 aromatic carbocycles. The van der Waals surface area contributed by atoms with Crippen LogP contribution in [0.3, 0.4) is 0 Å². The molecule has 2 aromatic heterocycles. The molecule has 9 heteroatoms. The van der Waals surface area contributed by atoms with Crippen molar-refractivity contribution in [1.82, 2.24) is 15.1 Å². The quantitative estimate of drug-likeness (QED) is 0.499. The third-order valence-electron chi connectivity index (χ3n) is 5.11. The molecule has 32 heavy (non-hydrogen) atoms. The van der Waals surface area contributed by atoms with Crippen LogP contribution in [-0.4, -0.2) is 55.5 Å². The van der Waals surface area contributed by atoms with Crippen LogP contribution in [0.2, 0.25) is 0 Å². The molecule has 1 aliphatic rings. The molecular weight excluding hydrogens is 430 g/mol. The van der Waals surface area contributed by atoms with Crippen molar-refractivity contribution in [2.24, 2.45) is 0 Å². The van der Waals surface area contributed by atoms with E-state index in [-0.39, 0.29) is 12.7 Å². The van der Waals surface area contributed by atoms with Crippen molar-refractivity contribution in [2.75, 3.05) is 33.5 Å². The normalized spacial score (nSPS) is 15.5. The fourth-order valence-electron chi connectivity index (χ4n) is 3.49. The monoisotopic (exact) mass is 457 g/mol. The van der Waals surface area contributed by atoms with Crippen LogP contribution in [0.5, 0.6) is 11.5 Å². The second kappa shape index (κ2) is 11.0. The Balaban J connectivity index is 1.32. The molecule has 170 valence electrons. The number of nitrogens with one attached hydrogen (secondary N) is 1. The molecule has 1 amide bonds. The van der Waals surface area contributed by atoms with Crippen molar-refractivity contribution in [2.45, 2.75) is 25.5 Å². The van der Waals surface area contributed by atoms with E-state index in [4.69, 9.17) is 18.9 Å². The molecule has 1 fully saturated rings. The zero-order chi connectivity index (χ0) is 22.2. The van der Waals surface area contributed by atoms with Gasteiger partial charge in [0.15, 0.2) is 11.5 Å². The van der Waals surface area contributed by atoms with Crippen LogP contribution in [-0.2, 0) is 22.4 Å². The third kappa shape index (κ3) is 5.80. The van der Waals surface area contributed by atoms with E-state index in [2.05, 4.69) is 10.4 Å². The Morgan fingerprint density at radius 1 is 1.31 bits per heavy atom. The van der Waals surface area contributed by atoms with Gasteiger partial charge in [0.1, 0.15) is 12.7 Å². The maximum atomic E-state index is 11.9. The molecule has 0 radical (unpaired) electrons. The van der Waals surface area contributed by atoms with Gasteiger partial charge in [0.25, 0.3) is 0 Å². The van der Waals surface area contributed by atoms with Gasteiger partial charge in [-0.3, -0.25) is 4.68 Å². The third-order valence-corrected chi connectivity index (χ3v) is 6.05. The highest BCUT2D eigenvalue weighted by molar-refractivity contribution is 7.09. The summed E-state index contributed by atoms with van der Waals surface area (Å²) in [5.74, 6) is 1.35. The van der Waals surface area contributed by atoms with E-state index >= 15 is 0 Å². The maximum absolute atomic E-state index is 11.9. The highest BCUT2D eigenvalue weighted by Crippen LogP contribution is 2.34. The summed E-state index contributed by atoms with van der Waals surface area (Å²) < 4.78 is 24.1. The molecule has 0 spiro atoms. The first-order chi connectivity index (χ1) is 15.7. The highest BCUT2D eigenvalue weighted by Gasteiger charge is 2.20. The molecule has 1 aliphatic heterocycles. The van der Waals surface area contributed by atoms with Gasteiger partial charge in [0.2, 0.25) is 0 Å². The van der Waals surface area contributed by atoms with Gasteiger partial charge in [-0.2, -0.15) is 5.10 Å². The average molecular weight is 458 g/mol. The Kier molecular flexibility index (Phi) is 7.63. The minimum absolute atomic E-state index is 0.0239. The summed E-state index contributed by atoms with van der Waals surface area (Å²) in [6.45, 7) is 2.50. The molecule has 1 N–H and O–H groups in total. The van der Waals surface area contributed by atoms with E-state index in [9.17, 15) is 4.79 Å². The molecular formula is C23H27N3O5S. The summed E-state index contributed by atoms with van der Waals surface area (Å²) in [4.78, 5) is 13.2. The number of thiophene rings is 1. The number of benzene rings is 1. The van der Waals surface area contributed by atoms with Gasteiger partial charge in [-0.15, -0.1) is 11.3 Å². The van der Waals surface area contributed by atoms with E-state index in [1.165, 1.54) is 4.88 Å². The Morgan fingerprint density at radius 3 is 3.03 bits per heavy atom. The maximum Gasteiger partial charge on any atom is 0.407 e. The number of ether oxygens (including phenoxy) is 4. The van der Waals surface area contributed by atoms with Crippen LogP contribution >= 0.6 is 11.3 Å². The van der Waals surface area contributed by atoms with Crippen molar-refractivity contribution in [3.63, 3.8) is 0 Å². The largest absolute Gasteiger partial charge is 0.493 e. The van der Waals surface area contributed by atoms with Gasteiger partial charge in [0, 0.05) is 29.6 Å². The second-order valence-corrected chi connectivity index (χ2v) is 8.33. The lowest BCUT2D eigenvalue weighted by molar-refractivity contribution is 0.138. The summed E-state index contributed by atoms with van der Waals surface area (Å²) in [6, 6.07) is 11.8. The second-order valence-electron chi connectivity index (χ2n) is 7.30. The molecule has 8 nitrogen and oxygen atoms in total. The first-order valence-corrected chi connectivity index (χ1v) is 11.5. The van der Waals surface area contributed by atoms with Crippen LogP contribution in [0, 0.1) is 0 Å². The molecule has 0 saturated carbocycles. The number of carbonyl (C=O) groups is 1. The molecule has 1 atom stereocenters. The Labute approximate surface area is 191 Å². The molecule has 4 rings (SSSR count). The van der Waals surface area contributed by atoms with E-state index in [0.29, 0.717) is 37.8 Å². The zero-order valence-corrected chi connectivity index (χ0v) is 18.8. The van der Waals surface area contributed by atoms with Crippen LogP contribution < -0.4 is 14.8 Å². The predicted octanol–water partition coefficient (Wildman–Crippen LogP) is 3.76. The number of rotatable bonds is 10. The fraction of sp³-hybridized carbons (Fsp3) is 0.391. The predicted molar refractivity (Wildman–Crippen MR) is 121 cm³/mol. The first kappa shape index (κ1) is 22.2. The van der Waals surface area contributed by atoms with Crippen LogP contribution in [0.1, 0.15) is 11.3 Å². The number of methoxy groups -OCH3 is 1. The van der Waals surface area contributed by atoms with Gasteiger partial charge >= 0.3 is 6.09 Å². The number of alkyl carbamates (subject to hydrolysis) is 1. The van der Waals surface area contributed by atoms with Crippen molar-refractivity contribution in [3.8, 4) is 22.8 Å². The van der Waals surface area contributed by atoms with Crippen LogP contribution in [0.4, 0.5) is 4.79 Å². The average Bonchev–Trinajstić information content (AvgIpc) is 3.57. The van der Waals surface area contributed by atoms with Crippen LogP contribution in [0.15, 0.2) is 48.0 Å². The summed E-state index contributed by atoms with van der Waals surface area (Å²) in [5.41, 5.74) is 1.85. The smallest absolute Gasteiger partial charge is 0.407 e.